The van der Waals surface area contributed by atoms with E-state index in [0.717, 1.165) is 6.54 Å². The third-order valence-electron chi connectivity index (χ3n) is 2.77. The topological polar surface area (TPSA) is 12.5 Å². The molecule has 0 spiro atoms. The van der Waals surface area contributed by atoms with Crippen LogP contribution in [0.2, 0.25) is 0 Å². The Bertz CT molecular complexity index is 376. The van der Waals surface area contributed by atoms with E-state index in [4.69, 9.17) is 4.74 Å². The lowest BCUT2D eigenvalue weighted by Crippen LogP contribution is -2.38. The van der Waals surface area contributed by atoms with Crippen molar-refractivity contribution in [3.05, 3.63) is 23.5 Å². The lowest BCUT2D eigenvalue weighted by atomic mass is 10.1. The van der Waals surface area contributed by atoms with Crippen LogP contribution in [0, 0.1) is 12.7 Å². The van der Waals surface area contributed by atoms with E-state index in [-0.39, 0.29) is 5.82 Å². The summed E-state index contributed by atoms with van der Waals surface area (Å²) in [5.41, 5.74) is 1.29. The molecule has 82 valence electrons. The van der Waals surface area contributed by atoms with E-state index < -0.39 is 0 Å². The zero-order valence-electron chi connectivity index (χ0n) is 9.38. The summed E-state index contributed by atoms with van der Waals surface area (Å²) in [5.74, 6) is 0.513. The van der Waals surface area contributed by atoms with Crippen molar-refractivity contribution in [3.63, 3.8) is 0 Å². The first-order chi connectivity index (χ1) is 7.11. The molecular formula is C12H16FNO. The second-order valence-corrected chi connectivity index (χ2v) is 4.18. The van der Waals surface area contributed by atoms with Crippen LogP contribution in [0.15, 0.2) is 12.1 Å². The Hall–Kier alpha value is -1.25. The summed E-state index contributed by atoms with van der Waals surface area (Å²) in [7, 11) is 0. The highest BCUT2D eigenvalue weighted by atomic mass is 19.1. The molecule has 3 heteroatoms. The van der Waals surface area contributed by atoms with Crippen molar-refractivity contribution < 1.29 is 9.13 Å². The Balaban J connectivity index is 2.53. The van der Waals surface area contributed by atoms with Gasteiger partial charge in [-0.15, -0.1) is 0 Å². The SMILES string of the molecule is Cc1ccc2c(c1F)N(C(C)C)CCO2. The first-order valence-corrected chi connectivity index (χ1v) is 5.30. The monoisotopic (exact) mass is 209 g/mol. The zero-order chi connectivity index (χ0) is 11.0. The van der Waals surface area contributed by atoms with Gasteiger partial charge in [0.2, 0.25) is 0 Å². The van der Waals surface area contributed by atoms with Crippen LogP contribution in [0.25, 0.3) is 0 Å². The van der Waals surface area contributed by atoms with Crippen LogP contribution in [0.4, 0.5) is 10.1 Å². The van der Waals surface area contributed by atoms with Gasteiger partial charge in [0.15, 0.2) is 5.82 Å². The molecule has 1 aromatic rings. The molecule has 0 bridgehead atoms. The summed E-state index contributed by atoms with van der Waals surface area (Å²) in [5, 5.41) is 0. The normalized spacial score (nSPS) is 15.1. The minimum Gasteiger partial charge on any atom is -0.489 e. The number of hydrogen-bond donors (Lipinski definition) is 0. The van der Waals surface area contributed by atoms with Crippen molar-refractivity contribution in [2.75, 3.05) is 18.1 Å². The van der Waals surface area contributed by atoms with Gasteiger partial charge in [-0.3, -0.25) is 0 Å². The molecule has 0 N–H and O–H groups in total. The van der Waals surface area contributed by atoms with Gasteiger partial charge in [0, 0.05) is 6.04 Å². The van der Waals surface area contributed by atoms with Gasteiger partial charge in [0.25, 0.3) is 0 Å². The maximum Gasteiger partial charge on any atom is 0.153 e. The predicted molar refractivity (Wildman–Crippen MR) is 59.1 cm³/mol. The number of nitrogens with zero attached hydrogens (tertiary/aromatic N) is 1. The van der Waals surface area contributed by atoms with Crippen LogP contribution < -0.4 is 9.64 Å². The Morgan fingerprint density at radius 3 is 2.80 bits per heavy atom. The van der Waals surface area contributed by atoms with Gasteiger partial charge in [0.1, 0.15) is 18.0 Å². The van der Waals surface area contributed by atoms with Crippen molar-refractivity contribution in [3.8, 4) is 5.75 Å². The lowest BCUT2D eigenvalue weighted by molar-refractivity contribution is 0.299. The van der Waals surface area contributed by atoms with E-state index in [1.807, 2.05) is 6.07 Å². The number of benzene rings is 1. The predicted octanol–water partition coefficient (Wildman–Crippen LogP) is 2.74. The van der Waals surface area contributed by atoms with Crippen molar-refractivity contribution >= 4 is 5.69 Å². The van der Waals surface area contributed by atoms with Crippen molar-refractivity contribution in [1.29, 1.82) is 0 Å². The number of anilines is 1. The van der Waals surface area contributed by atoms with Gasteiger partial charge in [-0.25, -0.2) is 4.39 Å². The first kappa shape index (κ1) is 10.3. The molecular weight excluding hydrogens is 193 g/mol. The zero-order valence-corrected chi connectivity index (χ0v) is 9.38. The van der Waals surface area contributed by atoms with Gasteiger partial charge in [-0.05, 0) is 32.4 Å². The Morgan fingerprint density at radius 2 is 2.13 bits per heavy atom. The molecule has 0 aliphatic carbocycles. The van der Waals surface area contributed by atoms with Crippen molar-refractivity contribution in [2.45, 2.75) is 26.8 Å². The van der Waals surface area contributed by atoms with Crippen molar-refractivity contribution in [1.82, 2.24) is 0 Å². The molecule has 2 nitrogen and oxygen atoms in total. The molecule has 1 aliphatic rings. The summed E-state index contributed by atoms with van der Waals surface area (Å²) in [6.45, 7) is 7.30. The van der Waals surface area contributed by atoms with E-state index in [9.17, 15) is 4.39 Å². The van der Waals surface area contributed by atoms with E-state index in [1.54, 1.807) is 13.0 Å². The third kappa shape index (κ3) is 1.66. The smallest absolute Gasteiger partial charge is 0.153 e. The van der Waals surface area contributed by atoms with Gasteiger partial charge in [-0.2, -0.15) is 0 Å². The summed E-state index contributed by atoms with van der Waals surface area (Å²) >= 11 is 0. The highest BCUT2D eigenvalue weighted by Crippen LogP contribution is 2.36. The fourth-order valence-corrected chi connectivity index (χ4v) is 1.91. The standard InChI is InChI=1S/C12H16FNO/c1-8(2)14-6-7-15-10-5-4-9(3)11(13)12(10)14/h4-5,8H,6-7H2,1-3H3. The molecule has 0 radical (unpaired) electrons. The largest absolute Gasteiger partial charge is 0.489 e. The van der Waals surface area contributed by atoms with Gasteiger partial charge in [-0.1, -0.05) is 6.07 Å². The van der Waals surface area contributed by atoms with Crippen molar-refractivity contribution in [2.24, 2.45) is 0 Å². The molecule has 0 amide bonds. The Labute approximate surface area is 89.7 Å². The number of hydrogen-bond acceptors (Lipinski definition) is 2. The molecule has 15 heavy (non-hydrogen) atoms. The molecule has 0 fully saturated rings. The number of fused-ring (bicyclic) bond motifs is 1. The second kappa shape index (κ2) is 3.72. The number of ether oxygens (including phenoxy) is 1. The van der Waals surface area contributed by atoms with Crippen LogP contribution in [-0.2, 0) is 0 Å². The Kier molecular flexibility index (Phi) is 2.55. The summed E-state index contributed by atoms with van der Waals surface area (Å²) in [4.78, 5) is 2.06. The quantitative estimate of drug-likeness (QED) is 0.705. The number of halogens is 1. The lowest BCUT2D eigenvalue weighted by Gasteiger charge is -2.34. The van der Waals surface area contributed by atoms with Crippen LogP contribution in [0.3, 0.4) is 0 Å². The maximum atomic E-state index is 14.0. The summed E-state index contributed by atoms with van der Waals surface area (Å²) in [6.07, 6.45) is 0. The summed E-state index contributed by atoms with van der Waals surface area (Å²) < 4.78 is 19.4. The minimum absolute atomic E-state index is 0.152. The molecule has 0 saturated carbocycles. The highest BCUT2D eigenvalue weighted by molar-refractivity contribution is 5.63. The fourth-order valence-electron chi connectivity index (χ4n) is 1.91. The third-order valence-corrected chi connectivity index (χ3v) is 2.77. The van der Waals surface area contributed by atoms with Gasteiger partial charge in [0.05, 0.1) is 6.54 Å². The molecule has 0 unspecified atom stereocenters. The average molecular weight is 209 g/mol. The molecule has 0 aromatic heterocycles. The molecule has 0 atom stereocenters. The Morgan fingerprint density at radius 1 is 1.40 bits per heavy atom. The summed E-state index contributed by atoms with van der Waals surface area (Å²) in [6, 6.07) is 3.91. The van der Waals surface area contributed by atoms with Crippen LogP contribution in [-0.4, -0.2) is 19.2 Å². The second-order valence-electron chi connectivity index (χ2n) is 4.18. The number of rotatable bonds is 1. The fraction of sp³-hybridized carbons (Fsp3) is 0.500. The van der Waals surface area contributed by atoms with Gasteiger partial charge >= 0.3 is 0 Å². The maximum absolute atomic E-state index is 14.0. The van der Waals surface area contributed by atoms with Crippen LogP contribution in [0.1, 0.15) is 19.4 Å². The minimum atomic E-state index is -0.152. The van der Waals surface area contributed by atoms with Crippen LogP contribution >= 0.6 is 0 Å². The molecule has 1 aromatic carbocycles. The van der Waals surface area contributed by atoms with E-state index in [2.05, 4.69) is 18.7 Å². The van der Waals surface area contributed by atoms with Crippen LogP contribution in [0.5, 0.6) is 5.75 Å². The number of aryl methyl sites for hydroxylation is 1. The average Bonchev–Trinajstić information content (AvgIpc) is 2.23. The van der Waals surface area contributed by atoms with E-state index >= 15 is 0 Å². The first-order valence-electron chi connectivity index (χ1n) is 5.30. The van der Waals surface area contributed by atoms with Gasteiger partial charge < -0.3 is 9.64 Å². The van der Waals surface area contributed by atoms with E-state index in [0.29, 0.717) is 29.6 Å². The molecule has 0 saturated heterocycles. The molecule has 2 rings (SSSR count). The molecule has 1 aliphatic heterocycles. The van der Waals surface area contributed by atoms with E-state index in [1.165, 1.54) is 0 Å². The highest BCUT2D eigenvalue weighted by Gasteiger charge is 2.24. The molecule has 1 heterocycles.